The Labute approximate surface area is 88.9 Å². The Morgan fingerprint density at radius 3 is 2.87 bits per heavy atom. The van der Waals surface area contributed by atoms with Gasteiger partial charge in [-0.1, -0.05) is 6.07 Å². The second-order valence-corrected chi connectivity index (χ2v) is 3.62. The highest BCUT2D eigenvalue weighted by Crippen LogP contribution is 2.06. The van der Waals surface area contributed by atoms with E-state index >= 15 is 0 Å². The van der Waals surface area contributed by atoms with Crippen molar-refractivity contribution in [3.63, 3.8) is 0 Å². The molecule has 2 aromatic rings. The minimum absolute atomic E-state index is 0.0949. The van der Waals surface area contributed by atoms with Crippen LogP contribution in [-0.4, -0.2) is 11.0 Å². The molecule has 2 rings (SSSR count). The largest absolute Gasteiger partial charge is 0.472 e. The van der Waals surface area contributed by atoms with Crippen molar-refractivity contribution in [2.75, 3.05) is 0 Å². The van der Waals surface area contributed by atoms with Crippen molar-refractivity contribution in [3.8, 4) is 0 Å². The van der Waals surface area contributed by atoms with Gasteiger partial charge in [-0.15, -0.1) is 0 Å². The zero-order valence-corrected chi connectivity index (χ0v) is 8.47. The van der Waals surface area contributed by atoms with E-state index in [1.54, 1.807) is 18.7 Å². The summed E-state index contributed by atoms with van der Waals surface area (Å²) in [4.78, 5) is 4.24. The van der Waals surface area contributed by atoms with E-state index in [9.17, 15) is 0 Å². The summed E-state index contributed by atoms with van der Waals surface area (Å²) in [5.74, 6) is 0. The van der Waals surface area contributed by atoms with Gasteiger partial charge in [-0.3, -0.25) is 4.98 Å². The molecule has 0 aliphatic rings. The molecule has 0 aromatic carbocycles. The molecule has 0 amide bonds. The maximum atomic E-state index is 6.02. The van der Waals surface area contributed by atoms with Crippen LogP contribution in [0.4, 0.5) is 0 Å². The van der Waals surface area contributed by atoms with Crippen molar-refractivity contribution >= 4 is 0 Å². The van der Waals surface area contributed by atoms with Crippen LogP contribution in [0.15, 0.2) is 47.4 Å². The standard InChI is InChI=1S/C12H14N2O/c13-11(7-10-4-6-15-9-10)8-12-3-1-2-5-14-12/h1-6,9,11H,7-8,13H2. The van der Waals surface area contributed by atoms with E-state index in [1.807, 2.05) is 24.3 Å². The van der Waals surface area contributed by atoms with Crippen LogP contribution >= 0.6 is 0 Å². The van der Waals surface area contributed by atoms with Gasteiger partial charge in [0.25, 0.3) is 0 Å². The molecule has 2 N–H and O–H groups in total. The lowest BCUT2D eigenvalue weighted by atomic mass is 10.0. The van der Waals surface area contributed by atoms with E-state index in [4.69, 9.17) is 10.2 Å². The Kier molecular flexibility index (Phi) is 3.15. The Balaban J connectivity index is 1.90. The summed E-state index contributed by atoms with van der Waals surface area (Å²) in [6.07, 6.45) is 6.82. The van der Waals surface area contributed by atoms with E-state index in [0.29, 0.717) is 0 Å². The summed E-state index contributed by atoms with van der Waals surface area (Å²) in [5.41, 5.74) is 8.19. The molecule has 0 saturated carbocycles. The number of pyridine rings is 1. The Morgan fingerprint density at radius 2 is 2.20 bits per heavy atom. The van der Waals surface area contributed by atoms with Crippen LogP contribution in [0, 0.1) is 0 Å². The Hall–Kier alpha value is -1.61. The molecule has 0 spiro atoms. The predicted molar refractivity (Wildman–Crippen MR) is 58.3 cm³/mol. The zero-order chi connectivity index (χ0) is 10.5. The fourth-order valence-electron chi connectivity index (χ4n) is 1.57. The highest BCUT2D eigenvalue weighted by molar-refractivity contribution is 5.10. The van der Waals surface area contributed by atoms with Gasteiger partial charge < -0.3 is 10.2 Å². The normalized spacial score (nSPS) is 12.6. The van der Waals surface area contributed by atoms with Gasteiger partial charge in [-0.25, -0.2) is 0 Å². The molecule has 0 bridgehead atoms. The maximum Gasteiger partial charge on any atom is 0.0935 e. The molecule has 15 heavy (non-hydrogen) atoms. The van der Waals surface area contributed by atoms with Gasteiger partial charge in [0.2, 0.25) is 0 Å². The van der Waals surface area contributed by atoms with Gasteiger partial charge in [-0.2, -0.15) is 0 Å². The monoisotopic (exact) mass is 202 g/mol. The summed E-state index contributed by atoms with van der Waals surface area (Å²) in [7, 11) is 0. The smallest absolute Gasteiger partial charge is 0.0935 e. The van der Waals surface area contributed by atoms with E-state index in [0.717, 1.165) is 24.1 Å². The second kappa shape index (κ2) is 4.75. The lowest BCUT2D eigenvalue weighted by Crippen LogP contribution is -2.25. The topological polar surface area (TPSA) is 52.0 Å². The third-order valence-corrected chi connectivity index (χ3v) is 2.28. The first-order valence-electron chi connectivity index (χ1n) is 5.01. The van der Waals surface area contributed by atoms with Crippen LogP contribution in [0.5, 0.6) is 0 Å². The molecule has 0 saturated heterocycles. The number of hydrogen-bond donors (Lipinski definition) is 1. The molecule has 0 fully saturated rings. The van der Waals surface area contributed by atoms with Gasteiger partial charge >= 0.3 is 0 Å². The number of furan rings is 1. The third kappa shape index (κ3) is 2.92. The molecule has 3 heteroatoms. The summed E-state index contributed by atoms with van der Waals surface area (Å²) in [6.45, 7) is 0. The van der Waals surface area contributed by atoms with E-state index in [2.05, 4.69) is 4.98 Å². The molecule has 0 radical (unpaired) electrons. The van der Waals surface area contributed by atoms with Crippen molar-refractivity contribution in [2.45, 2.75) is 18.9 Å². The SMILES string of the molecule is NC(Cc1ccoc1)Cc1ccccn1. The quantitative estimate of drug-likeness (QED) is 0.822. The highest BCUT2D eigenvalue weighted by Gasteiger charge is 2.06. The third-order valence-electron chi connectivity index (χ3n) is 2.28. The Bertz CT molecular complexity index is 383. The average Bonchev–Trinajstić information content (AvgIpc) is 2.71. The first-order valence-corrected chi connectivity index (χ1v) is 5.01. The Morgan fingerprint density at radius 1 is 1.27 bits per heavy atom. The van der Waals surface area contributed by atoms with Crippen LogP contribution in [-0.2, 0) is 12.8 Å². The van der Waals surface area contributed by atoms with Gasteiger partial charge in [0.15, 0.2) is 0 Å². The van der Waals surface area contributed by atoms with Crippen LogP contribution in [0.1, 0.15) is 11.3 Å². The van der Waals surface area contributed by atoms with Crippen molar-refractivity contribution < 1.29 is 4.42 Å². The van der Waals surface area contributed by atoms with Crippen molar-refractivity contribution in [1.82, 2.24) is 4.98 Å². The van der Waals surface area contributed by atoms with Gasteiger partial charge in [0, 0.05) is 24.4 Å². The molecule has 78 valence electrons. The minimum Gasteiger partial charge on any atom is -0.472 e. The van der Waals surface area contributed by atoms with Crippen molar-refractivity contribution in [2.24, 2.45) is 5.73 Å². The average molecular weight is 202 g/mol. The highest BCUT2D eigenvalue weighted by atomic mass is 16.3. The van der Waals surface area contributed by atoms with E-state index in [-0.39, 0.29) is 6.04 Å². The zero-order valence-electron chi connectivity index (χ0n) is 8.47. The molecular weight excluding hydrogens is 188 g/mol. The summed E-state index contributed by atoms with van der Waals surface area (Å²) < 4.78 is 4.99. The van der Waals surface area contributed by atoms with E-state index < -0.39 is 0 Å². The minimum atomic E-state index is 0.0949. The molecule has 2 aromatic heterocycles. The number of nitrogens with zero attached hydrogens (tertiary/aromatic N) is 1. The molecule has 2 heterocycles. The molecule has 1 unspecified atom stereocenters. The van der Waals surface area contributed by atoms with Crippen LogP contribution in [0.25, 0.3) is 0 Å². The lowest BCUT2D eigenvalue weighted by molar-refractivity contribution is 0.559. The maximum absolute atomic E-state index is 6.02. The first kappa shape index (κ1) is 9.93. The fraction of sp³-hybridized carbons (Fsp3) is 0.250. The van der Waals surface area contributed by atoms with Crippen molar-refractivity contribution in [1.29, 1.82) is 0 Å². The molecule has 0 aliphatic heterocycles. The summed E-state index contributed by atoms with van der Waals surface area (Å²) in [5, 5.41) is 0. The number of nitrogens with two attached hydrogens (primary N) is 1. The first-order chi connectivity index (χ1) is 7.34. The summed E-state index contributed by atoms with van der Waals surface area (Å²) >= 11 is 0. The van der Waals surface area contributed by atoms with Crippen LogP contribution < -0.4 is 5.73 Å². The number of rotatable bonds is 4. The fourth-order valence-corrected chi connectivity index (χ4v) is 1.57. The van der Waals surface area contributed by atoms with Crippen LogP contribution in [0.3, 0.4) is 0 Å². The summed E-state index contributed by atoms with van der Waals surface area (Å²) in [6, 6.07) is 7.92. The van der Waals surface area contributed by atoms with Crippen LogP contribution in [0.2, 0.25) is 0 Å². The van der Waals surface area contributed by atoms with Gasteiger partial charge in [0.05, 0.1) is 12.5 Å². The lowest BCUT2D eigenvalue weighted by Gasteiger charge is -2.09. The molecule has 3 nitrogen and oxygen atoms in total. The predicted octanol–water partition coefficient (Wildman–Crippen LogP) is 1.79. The second-order valence-electron chi connectivity index (χ2n) is 3.62. The number of hydrogen-bond acceptors (Lipinski definition) is 3. The van der Waals surface area contributed by atoms with Crippen molar-refractivity contribution in [3.05, 3.63) is 54.2 Å². The molecule has 0 aliphatic carbocycles. The van der Waals surface area contributed by atoms with Gasteiger partial charge in [-0.05, 0) is 30.2 Å². The molecule has 1 atom stereocenters. The molecular formula is C12H14N2O. The van der Waals surface area contributed by atoms with Gasteiger partial charge in [0.1, 0.15) is 0 Å². The van der Waals surface area contributed by atoms with E-state index in [1.165, 1.54) is 0 Å². The number of aromatic nitrogens is 1.